The summed E-state index contributed by atoms with van der Waals surface area (Å²) in [6.45, 7) is 2.22. The quantitative estimate of drug-likeness (QED) is 0.862. The number of thioether (sulfide) groups is 1. The first-order chi connectivity index (χ1) is 8.28. The molecule has 0 aliphatic heterocycles. The fourth-order valence-corrected chi connectivity index (χ4v) is 3.32. The number of nitrogens with zero attached hydrogens (tertiary/aromatic N) is 3. The summed E-state index contributed by atoms with van der Waals surface area (Å²) in [4.78, 5) is 13.0. The molecule has 1 aliphatic rings. The van der Waals surface area contributed by atoms with Crippen LogP contribution >= 0.6 is 23.1 Å². The number of thiazole rings is 1. The summed E-state index contributed by atoms with van der Waals surface area (Å²) in [5, 5.41) is 3.49. The van der Waals surface area contributed by atoms with E-state index in [0.29, 0.717) is 6.04 Å². The van der Waals surface area contributed by atoms with Crippen LogP contribution in [0.4, 0.5) is 5.82 Å². The van der Waals surface area contributed by atoms with Gasteiger partial charge in [0.25, 0.3) is 0 Å². The lowest BCUT2D eigenvalue weighted by atomic mass is 10.2. The highest BCUT2D eigenvalue weighted by molar-refractivity contribution is 8.00. The zero-order valence-electron chi connectivity index (χ0n) is 9.80. The van der Waals surface area contributed by atoms with Crippen molar-refractivity contribution in [1.29, 1.82) is 0 Å². The Bertz CT molecular complexity index is 535. The molecule has 1 aliphatic carbocycles. The zero-order chi connectivity index (χ0) is 11.8. The maximum absolute atomic E-state index is 4.45. The lowest BCUT2D eigenvalue weighted by Crippen LogP contribution is -2.18. The number of hydrogen-bond donors (Lipinski definition) is 1. The molecule has 2 aromatic heterocycles. The molecule has 0 radical (unpaired) electrons. The third kappa shape index (κ3) is 2.24. The third-order valence-corrected chi connectivity index (χ3v) is 5.08. The van der Waals surface area contributed by atoms with Gasteiger partial charge in [0.15, 0.2) is 9.99 Å². The predicted molar refractivity (Wildman–Crippen MR) is 72.8 cm³/mol. The summed E-state index contributed by atoms with van der Waals surface area (Å²) in [5.74, 6) is 1.75. The van der Waals surface area contributed by atoms with Crippen LogP contribution < -0.4 is 5.32 Å². The average molecular weight is 266 g/mol. The van der Waals surface area contributed by atoms with E-state index >= 15 is 0 Å². The Morgan fingerprint density at radius 3 is 3.00 bits per heavy atom. The van der Waals surface area contributed by atoms with Crippen molar-refractivity contribution in [2.75, 3.05) is 11.6 Å². The normalized spacial score (nSPS) is 17.3. The molecule has 1 saturated carbocycles. The first-order valence-electron chi connectivity index (χ1n) is 5.70. The molecule has 0 aromatic carbocycles. The van der Waals surface area contributed by atoms with Crippen LogP contribution in [-0.2, 0) is 0 Å². The number of nitrogens with one attached hydrogen (secondary N) is 1. The van der Waals surface area contributed by atoms with Gasteiger partial charge < -0.3 is 5.32 Å². The average Bonchev–Trinajstić information content (AvgIpc) is 3.09. The SMILES string of the molecule is CSc1nc2ncnc(NC(C)C3CC3)c2s1. The standard InChI is InChI=1S/C11H14N4S2/c1-6(7-3-4-7)14-9-8-10(13-5-12-9)15-11(16-2)17-8/h5-7H,3-4H2,1-2H3,(H,12,13,14). The first kappa shape index (κ1) is 11.2. The van der Waals surface area contributed by atoms with Crippen molar-refractivity contribution in [1.82, 2.24) is 15.0 Å². The molecule has 0 bridgehead atoms. The maximum atomic E-state index is 4.45. The Hall–Kier alpha value is -0.880. The van der Waals surface area contributed by atoms with Gasteiger partial charge in [-0.3, -0.25) is 0 Å². The van der Waals surface area contributed by atoms with Crippen molar-refractivity contribution in [2.24, 2.45) is 5.92 Å². The Morgan fingerprint density at radius 1 is 1.47 bits per heavy atom. The van der Waals surface area contributed by atoms with E-state index in [1.54, 1.807) is 29.4 Å². The van der Waals surface area contributed by atoms with Crippen LogP contribution in [0.5, 0.6) is 0 Å². The molecule has 0 amide bonds. The lowest BCUT2D eigenvalue weighted by Gasteiger charge is -2.13. The Labute approximate surface area is 108 Å². The molecular formula is C11H14N4S2. The van der Waals surface area contributed by atoms with Crippen LogP contribution in [0.1, 0.15) is 19.8 Å². The van der Waals surface area contributed by atoms with Gasteiger partial charge in [-0.2, -0.15) is 0 Å². The Morgan fingerprint density at radius 2 is 2.29 bits per heavy atom. The highest BCUT2D eigenvalue weighted by Crippen LogP contribution is 2.36. The molecule has 0 saturated heterocycles. The number of hydrogen-bond acceptors (Lipinski definition) is 6. The molecule has 1 N–H and O–H groups in total. The van der Waals surface area contributed by atoms with Crippen LogP contribution in [0.25, 0.3) is 10.3 Å². The van der Waals surface area contributed by atoms with E-state index in [1.165, 1.54) is 12.8 Å². The molecule has 1 fully saturated rings. The highest BCUT2D eigenvalue weighted by Gasteiger charge is 2.28. The summed E-state index contributed by atoms with van der Waals surface area (Å²) in [5.41, 5.74) is 0.805. The van der Waals surface area contributed by atoms with Gasteiger partial charge in [0, 0.05) is 6.04 Å². The molecular weight excluding hydrogens is 252 g/mol. The number of aromatic nitrogens is 3. The van der Waals surface area contributed by atoms with E-state index < -0.39 is 0 Å². The second kappa shape index (κ2) is 4.42. The zero-order valence-corrected chi connectivity index (χ0v) is 11.4. The van der Waals surface area contributed by atoms with E-state index in [-0.39, 0.29) is 0 Å². The van der Waals surface area contributed by atoms with Crippen molar-refractivity contribution in [3.63, 3.8) is 0 Å². The molecule has 90 valence electrons. The first-order valence-corrected chi connectivity index (χ1v) is 7.74. The fourth-order valence-electron chi connectivity index (χ4n) is 1.85. The van der Waals surface area contributed by atoms with Crippen LogP contribution in [0.2, 0.25) is 0 Å². The van der Waals surface area contributed by atoms with Gasteiger partial charge in [0.2, 0.25) is 0 Å². The van der Waals surface area contributed by atoms with Gasteiger partial charge in [-0.25, -0.2) is 15.0 Å². The van der Waals surface area contributed by atoms with Crippen molar-refractivity contribution in [2.45, 2.75) is 30.1 Å². The van der Waals surface area contributed by atoms with Crippen LogP contribution in [-0.4, -0.2) is 27.2 Å². The van der Waals surface area contributed by atoms with Gasteiger partial charge >= 0.3 is 0 Å². The van der Waals surface area contributed by atoms with Gasteiger partial charge in [0.05, 0.1) is 0 Å². The van der Waals surface area contributed by atoms with Gasteiger partial charge in [-0.1, -0.05) is 11.8 Å². The second-order valence-electron chi connectivity index (χ2n) is 4.33. The van der Waals surface area contributed by atoms with E-state index in [2.05, 4.69) is 27.2 Å². The summed E-state index contributed by atoms with van der Waals surface area (Å²) in [6.07, 6.45) is 6.29. The fraction of sp³-hybridized carbons (Fsp3) is 0.545. The van der Waals surface area contributed by atoms with Crippen molar-refractivity contribution in [3.8, 4) is 0 Å². The highest BCUT2D eigenvalue weighted by atomic mass is 32.2. The topological polar surface area (TPSA) is 50.7 Å². The summed E-state index contributed by atoms with van der Waals surface area (Å²) < 4.78 is 2.12. The minimum absolute atomic E-state index is 0.493. The van der Waals surface area contributed by atoms with E-state index in [4.69, 9.17) is 0 Å². The molecule has 2 aromatic rings. The Kier molecular flexibility index (Phi) is 2.92. The van der Waals surface area contributed by atoms with Crippen molar-refractivity contribution >= 4 is 39.3 Å². The van der Waals surface area contributed by atoms with Crippen LogP contribution in [0, 0.1) is 5.92 Å². The summed E-state index contributed by atoms with van der Waals surface area (Å²) >= 11 is 3.31. The van der Waals surface area contributed by atoms with Crippen LogP contribution in [0.15, 0.2) is 10.7 Å². The number of rotatable bonds is 4. The lowest BCUT2D eigenvalue weighted by molar-refractivity contribution is 0.691. The summed E-state index contributed by atoms with van der Waals surface area (Å²) in [7, 11) is 0. The number of fused-ring (bicyclic) bond motifs is 1. The van der Waals surface area contributed by atoms with Gasteiger partial charge in [0.1, 0.15) is 16.8 Å². The van der Waals surface area contributed by atoms with E-state index in [0.717, 1.165) is 26.4 Å². The van der Waals surface area contributed by atoms with E-state index in [9.17, 15) is 0 Å². The molecule has 0 spiro atoms. The smallest absolute Gasteiger partial charge is 0.176 e. The maximum Gasteiger partial charge on any atom is 0.176 e. The van der Waals surface area contributed by atoms with Gasteiger partial charge in [-0.15, -0.1) is 11.3 Å². The van der Waals surface area contributed by atoms with Crippen molar-refractivity contribution in [3.05, 3.63) is 6.33 Å². The van der Waals surface area contributed by atoms with E-state index in [1.807, 2.05) is 6.26 Å². The molecule has 1 unspecified atom stereocenters. The largest absolute Gasteiger partial charge is 0.366 e. The monoisotopic (exact) mass is 266 g/mol. The minimum Gasteiger partial charge on any atom is -0.366 e. The second-order valence-corrected chi connectivity index (χ2v) is 6.38. The minimum atomic E-state index is 0.493. The van der Waals surface area contributed by atoms with Crippen molar-refractivity contribution < 1.29 is 0 Å². The molecule has 4 nitrogen and oxygen atoms in total. The number of anilines is 1. The predicted octanol–water partition coefficient (Wildman–Crippen LogP) is 3.02. The van der Waals surface area contributed by atoms with Crippen LogP contribution in [0.3, 0.4) is 0 Å². The molecule has 2 heterocycles. The summed E-state index contributed by atoms with van der Waals surface area (Å²) in [6, 6.07) is 0.493. The Balaban J connectivity index is 1.94. The molecule has 1 atom stereocenters. The third-order valence-electron chi connectivity index (χ3n) is 3.04. The molecule has 6 heteroatoms. The molecule has 3 rings (SSSR count). The molecule has 17 heavy (non-hydrogen) atoms. The van der Waals surface area contributed by atoms with Gasteiger partial charge in [-0.05, 0) is 31.9 Å².